The Morgan fingerprint density at radius 3 is 2.46 bits per heavy atom. The summed E-state index contributed by atoms with van der Waals surface area (Å²) in [5.41, 5.74) is 2.51. The number of nitrogens with zero attached hydrogens (tertiary/aromatic N) is 1. The Morgan fingerprint density at radius 1 is 1.08 bits per heavy atom. The molecule has 0 unspecified atom stereocenters. The van der Waals surface area contributed by atoms with Crippen molar-refractivity contribution in [3.63, 3.8) is 0 Å². The Balaban J connectivity index is 1.83. The number of amides is 1. The fourth-order valence-electron chi connectivity index (χ4n) is 2.80. The molecule has 0 saturated heterocycles. The van der Waals surface area contributed by atoms with Gasteiger partial charge >= 0.3 is 5.97 Å². The van der Waals surface area contributed by atoms with E-state index < -0.39 is 5.97 Å². The van der Waals surface area contributed by atoms with Crippen LogP contribution < -0.4 is 10.1 Å². The fraction of sp³-hybridized carbons (Fsp3) is 0.200. The summed E-state index contributed by atoms with van der Waals surface area (Å²) in [6.07, 6.45) is 0. The van der Waals surface area contributed by atoms with E-state index in [-0.39, 0.29) is 5.91 Å². The molecule has 26 heavy (non-hydrogen) atoms. The minimum atomic E-state index is -0.415. The molecule has 1 N–H and O–H groups in total. The maximum atomic E-state index is 12.6. The number of esters is 1. The van der Waals surface area contributed by atoms with Crippen molar-refractivity contribution < 1.29 is 19.1 Å². The molecule has 1 heterocycles. The molecule has 0 bridgehead atoms. The van der Waals surface area contributed by atoms with E-state index in [2.05, 4.69) is 10.1 Å². The van der Waals surface area contributed by atoms with Crippen LogP contribution in [0.1, 0.15) is 27.8 Å². The molecule has 1 amide bonds. The van der Waals surface area contributed by atoms with Gasteiger partial charge in [-0.05, 0) is 55.5 Å². The van der Waals surface area contributed by atoms with E-state index in [0.29, 0.717) is 23.6 Å². The first-order valence-corrected chi connectivity index (χ1v) is 8.25. The van der Waals surface area contributed by atoms with Crippen molar-refractivity contribution in [2.24, 2.45) is 7.05 Å². The number of methoxy groups -OCH3 is 1. The number of nitrogens with one attached hydrogen (secondary N) is 1. The van der Waals surface area contributed by atoms with Crippen molar-refractivity contribution in [3.05, 3.63) is 59.8 Å². The third kappa shape index (κ3) is 3.39. The van der Waals surface area contributed by atoms with E-state index >= 15 is 0 Å². The second kappa shape index (κ2) is 7.31. The lowest BCUT2D eigenvalue weighted by Gasteiger charge is -2.07. The zero-order valence-corrected chi connectivity index (χ0v) is 14.9. The van der Waals surface area contributed by atoms with Gasteiger partial charge in [0.25, 0.3) is 5.91 Å². The van der Waals surface area contributed by atoms with Crippen LogP contribution in [0.25, 0.3) is 10.9 Å². The molecule has 0 radical (unpaired) electrons. The maximum Gasteiger partial charge on any atom is 0.337 e. The average Bonchev–Trinajstić information content (AvgIpc) is 2.98. The van der Waals surface area contributed by atoms with Crippen LogP contribution in [0.3, 0.4) is 0 Å². The molecule has 0 spiro atoms. The third-order valence-electron chi connectivity index (χ3n) is 4.12. The molecule has 134 valence electrons. The Kier molecular flexibility index (Phi) is 4.93. The first-order valence-electron chi connectivity index (χ1n) is 8.25. The summed E-state index contributed by atoms with van der Waals surface area (Å²) in [7, 11) is 3.17. The Bertz CT molecular complexity index is 958. The number of hydrogen-bond acceptors (Lipinski definition) is 4. The maximum absolute atomic E-state index is 12.6. The smallest absolute Gasteiger partial charge is 0.337 e. The van der Waals surface area contributed by atoms with Crippen LogP contribution >= 0.6 is 0 Å². The van der Waals surface area contributed by atoms with Crippen molar-refractivity contribution in [2.45, 2.75) is 6.92 Å². The van der Waals surface area contributed by atoms with Crippen LogP contribution in [0.4, 0.5) is 5.69 Å². The van der Waals surface area contributed by atoms with Crippen LogP contribution in [0.2, 0.25) is 0 Å². The van der Waals surface area contributed by atoms with E-state index in [1.165, 1.54) is 7.11 Å². The number of carbonyl (C=O) groups excluding carboxylic acids is 2. The molecule has 3 aromatic rings. The van der Waals surface area contributed by atoms with Crippen molar-refractivity contribution in [1.82, 2.24) is 4.57 Å². The quantitative estimate of drug-likeness (QED) is 0.712. The molecule has 0 aliphatic carbocycles. The van der Waals surface area contributed by atoms with Crippen molar-refractivity contribution >= 4 is 28.5 Å². The van der Waals surface area contributed by atoms with E-state index in [9.17, 15) is 9.59 Å². The normalized spacial score (nSPS) is 10.6. The van der Waals surface area contributed by atoms with Gasteiger partial charge in [0.15, 0.2) is 0 Å². The molecule has 6 heteroatoms. The van der Waals surface area contributed by atoms with Crippen molar-refractivity contribution in [2.75, 3.05) is 19.0 Å². The number of fused-ring (bicyclic) bond motifs is 1. The standard InChI is InChI=1S/C20H20N2O4/c1-4-26-16-9-10-17-14(11-16)12-18(22(17)2)19(23)21-15-7-5-13(6-8-15)20(24)25-3/h5-12H,4H2,1-3H3,(H,21,23). The van der Waals surface area contributed by atoms with E-state index in [1.54, 1.807) is 24.3 Å². The zero-order chi connectivity index (χ0) is 18.7. The lowest BCUT2D eigenvalue weighted by atomic mass is 10.2. The molecule has 0 saturated carbocycles. The highest BCUT2D eigenvalue weighted by atomic mass is 16.5. The predicted molar refractivity (Wildman–Crippen MR) is 99.8 cm³/mol. The number of hydrogen-bond donors (Lipinski definition) is 1. The van der Waals surface area contributed by atoms with Gasteiger partial charge in [-0.1, -0.05) is 0 Å². The molecule has 0 fully saturated rings. The summed E-state index contributed by atoms with van der Waals surface area (Å²) in [5.74, 6) is 0.130. The Hall–Kier alpha value is -3.28. The van der Waals surface area contributed by atoms with Gasteiger partial charge < -0.3 is 19.4 Å². The van der Waals surface area contributed by atoms with Gasteiger partial charge in [0, 0.05) is 23.6 Å². The summed E-state index contributed by atoms with van der Waals surface area (Å²) in [6.45, 7) is 2.52. The molecule has 3 rings (SSSR count). The first-order chi connectivity index (χ1) is 12.5. The number of aromatic nitrogens is 1. The monoisotopic (exact) mass is 352 g/mol. The summed E-state index contributed by atoms with van der Waals surface area (Å²) in [5, 5.41) is 3.78. The molecule has 0 aliphatic rings. The topological polar surface area (TPSA) is 69.6 Å². The van der Waals surface area contributed by atoms with E-state index in [4.69, 9.17) is 4.74 Å². The number of benzene rings is 2. The highest BCUT2D eigenvalue weighted by molar-refractivity contribution is 6.06. The number of ether oxygens (including phenoxy) is 2. The summed E-state index contributed by atoms with van der Waals surface area (Å²) in [6, 6.07) is 14.1. The molecule has 1 aromatic heterocycles. The highest BCUT2D eigenvalue weighted by Gasteiger charge is 2.14. The van der Waals surface area contributed by atoms with Gasteiger partial charge in [-0.3, -0.25) is 4.79 Å². The van der Waals surface area contributed by atoms with E-state index in [1.807, 2.05) is 42.8 Å². The lowest BCUT2D eigenvalue weighted by molar-refractivity contribution is 0.0600. The number of anilines is 1. The lowest BCUT2D eigenvalue weighted by Crippen LogP contribution is -2.15. The average molecular weight is 352 g/mol. The van der Waals surface area contributed by atoms with Gasteiger partial charge in [-0.15, -0.1) is 0 Å². The zero-order valence-electron chi connectivity index (χ0n) is 14.9. The largest absolute Gasteiger partial charge is 0.494 e. The molecule has 6 nitrogen and oxygen atoms in total. The first kappa shape index (κ1) is 17.5. The Labute approximate surface area is 151 Å². The summed E-state index contributed by atoms with van der Waals surface area (Å²) >= 11 is 0. The minimum absolute atomic E-state index is 0.229. The van der Waals surface area contributed by atoms with Crippen LogP contribution in [0, 0.1) is 0 Å². The van der Waals surface area contributed by atoms with Crippen LogP contribution in [0.5, 0.6) is 5.75 Å². The Morgan fingerprint density at radius 2 is 1.81 bits per heavy atom. The van der Waals surface area contributed by atoms with Gasteiger partial charge in [-0.25, -0.2) is 4.79 Å². The van der Waals surface area contributed by atoms with Crippen molar-refractivity contribution in [1.29, 1.82) is 0 Å². The fourth-order valence-corrected chi connectivity index (χ4v) is 2.80. The number of aryl methyl sites for hydroxylation is 1. The van der Waals surface area contributed by atoms with Crippen molar-refractivity contribution in [3.8, 4) is 5.75 Å². The van der Waals surface area contributed by atoms with E-state index in [0.717, 1.165) is 16.7 Å². The van der Waals surface area contributed by atoms with Gasteiger partial charge in [-0.2, -0.15) is 0 Å². The number of rotatable bonds is 5. The predicted octanol–water partition coefficient (Wildman–Crippen LogP) is 3.62. The van der Waals surface area contributed by atoms with Gasteiger partial charge in [0.1, 0.15) is 11.4 Å². The second-order valence-corrected chi connectivity index (χ2v) is 5.77. The second-order valence-electron chi connectivity index (χ2n) is 5.77. The summed E-state index contributed by atoms with van der Waals surface area (Å²) in [4.78, 5) is 24.1. The van der Waals surface area contributed by atoms with Crippen LogP contribution in [0.15, 0.2) is 48.5 Å². The highest BCUT2D eigenvalue weighted by Crippen LogP contribution is 2.24. The molecule has 0 atom stereocenters. The SMILES string of the molecule is CCOc1ccc2c(c1)cc(C(=O)Nc1ccc(C(=O)OC)cc1)n2C. The molecular formula is C20H20N2O4. The third-order valence-corrected chi connectivity index (χ3v) is 4.12. The van der Waals surface area contributed by atoms with Gasteiger partial charge in [0.2, 0.25) is 0 Å². The summed E-state index contributed by atoms with van der Waals surface area (Å²) < 4.78 is 12.0. The molecule has 2 aromatic carbocycles. The van der Waals surface area contributed by atoms with Crippen LogP contribution in [-0.2, 0) is 11.8 Å². The molecule has 0 aliphatic heterocycles. The van der Waals surface area contributed by atoms with Gasteiger partial charge in [0.05, 0.1) is 19.3 Å². The number of carbonyl (C=O) groups is 2. The van der Waals surface area contributed by atoms with Crippen LogP contribution in [-0.4, -0.2) is 30.2 Å². The molecular weight excluding hydrogens is 332 g/mol. The minimum Gasteiger partial charge on any atom is -0.494 e.